The fourth-order valence-electron chi connectivity index (χ4n) is 1.08. The van der Waals surface area contributed by atoms with Crippen LogP contribution in [0.3, 0.4) is 0 Å². The number of hydrogen-bond donors (Lipinski definition) is 2. The van der Waals surface area contributed by atoms with E-state index in [2.05, 4.69) is 19.9 Å². The van der Waals surface area contributed by atoms with Crippen molar-refractivity contribution in [2.45, 2.75) is 10.8 Å². The lowest BCUT2D eigenvalue weighted by Gasteiger charge is -2.02. The lowest BCUT2D eigenvalue weighted by atomic mass is 10.5. The fraction of sp³-hybridized carbons (Fsp3) is 0.125. The van der Waals surface area contributed by atoms with Gasteiger partial charge in [0.2, 0.25) is 0 Å². The third-order valence-electron chi connectivity index (χ3n) is 1.81. The molecule has 17 heavy (non-hydrogen) atoms. The number of nitrogens with two attached hydrogens (primary N) is 1. The van der Waals surface area contributed by atoms with Gasteiger partial charge in [-0.2, -0.15) is 5.10 Å². The number of nitrogens with one attached hydrogen (secondary N) is 1. The molecule has 0 amide bonds. The molecule has 2 aromatic heterocycles. The SMILES string of the molecule is NCc1ccc(S(=O)(=O)Nc2nccnn2)s1. The summed E-state index contributed by atoms with van der Waals surface area (Å²) in [5, 5.41) is 7.07. The Hall–Kier alpha value is -1.58. The maximum atomic E-state index is 11.9. The second-order valence-corrected chi connectivity index (χ2v) is 6.07. The topological polar surface area (TPSA) is 111 Å². The van der Waals surface area contributed by atoms with E-state index in [1.165, 1.54) is 18.5 Å². The molecule has 2 rings (SSSR count). The Labute approximate surface area is 102 Å². The molecule has 0 aliphatic rings. The molecule has 0 aliphatic carbocycles. The van der Waals surface area contributed by atoms with Crippen LogP contribution in [-0.4, -0.2) is 23.6 Å². The molecule has 0 radical (unpaired) electrons. The first-order valence-electron chi connectivity index (χ1n) is 4.57. The van der Waals surface area contributed by atoms with Gasteiger partial charge in [-0.3, -0.25) is 0 Å². The molecule has 2 heterocycles. The van der Waals surface area contributed by atoms with Crippen molar-refractivity contribution in [3.63, 3.8) is 0 Å². The van der Waals surface area contributed by atoms with Gasteiger partial charge >= 0.3 is 0 Å². The number of hydrogen-bond acceptors (Lipinski definition) is 7. The largest absolute Gasteiger partial charge is 0.326 e. The molecular formula is C8H9N5O2S2. The molecule has 2 aromatic rings. The highest BCUT2D eigenvalue weighted by Gasteiger charge is 2.17. The second kappa shape index (κ2) is 4.73. The lowest BCUT2D eigenvalue weighted by molar-refractivity contribution is 0.602. The number of nitrogens with zero attached hydrogens (tertiary/aromatic N) is 3. The van der Waals surface area contributed by atoms with Crippen LogP contribution in [0.5, 0.6) is 0 Å². The van der Waals surface area contributed by atoms with Crippen molar-refractivity contribution >= 4 is 27.3 Å². The fourth-order valence-corrected chi connectivity index (χ4v) is 3.26. The van der Waals surface area contributed by atoms with E-state index in [0.717, 1.165) is 16.2 Å². The van der Waals surface area contributed by atoms with Gasteiger partial charge in [0, 0.05) is 11.4 Å². The summed E-state index contributed by atoms with van der Waals surface area (Å²) in [6.07, 6.45) is 2.71. The third kappa shape index (κ3) is 2.75. The summed E-state index contributed by atoms with van der Waals surface area (Å²) in [6.45, 7) is 0.309. The lowest BCUT2D eigenvalue weighted by Crippen LogP contribution is -2.14. The number of rotatable bonds is 4. The van der Waals surface area contributed by atoms with Gasteiger partial charge in [-0.25, -0.2) is 18.1 Å². The maximum Gasteiger partial charge on any atom is 0.273 e. The van der Waals surface area contributed by atoms with Gasteiger partial charge in [0.1, 0.15) is 4.21 Å². The van der Waals surface area contributed by atoms with E-state index >= 15 is 0 Å². The zero-order chi connectivity index (χ0) is 12.3. The van der Waals surface area contributed by atoms with Gasteiger partial charge in [-0.15, -0.1) is 16.4 Å². The van der Waals surface area contributed by atoms with Gasteiger partial charge in [-0.05, 0) is 12.1 Å². The van der Waals surface area contributed by atoms with E-state index < -0.39 is 10.0 Å². The molecule has 90 valence electrons. The van der Waals surface area contributed by atoms with Crippen LogP contribution in [0.1, 0.15) is 4.88 Å². The van der Waals surface area contributed by atoms with Gasteiger partial charge in [-0.1, -0.05) is 0 Å². The van der Waals surface area contributed by atoms with Crippen molar-refractivity contribution in [1.29, 1.82) is 0 Å². The molecular weight excluding hydrogens is 262 g/mol. The summed E-state index contributed by atoms with van der Waals surface area (Å²) >= 11 is 1.11. The van der Waals surface area contributed by atoms with Crippen LogP contribution >= 0.6 is 11.3 Å². The van der Waals surface area contributed by atoms with Crippen LogP contribution in [0.25, 0.3) is 0 Å². The predicted octanol–water partition coefficient (Wildman–Crippen LogP) is 0.193. The molecule has 0 spiro atoms. The third-order valence-corrected chi connectivity index (χ3v) is 4.74. The number of sulfonamides is 1. The summed E-state index contributed by atoms with van der Waals surface area (Å²) in [6, 6.07) is 3.16. The van der Waals surface area contributed by atoms with Crippen molar-refractivity contribution in [3.05, 3.63) is 29.4 Å². The van der Waals surface area contributed by atoms with Gasteiger partial charge in [0.15, 0.2) is 0 Å². The quantitative estimate of drug-likeness (QED) is 0.821. The van der Waals surface area contributed by atoms with E-state index in [9.17, 15) is 8.42 Å². The van der Waals surface area contributed by atoms with Crippen molar-refractivity contribution in [2.75, 3.05) is 4.72 Å². The van der Waals surface area contributed by atoms with E-state index in [1.54, 1.807) is 6.07 Å². The van der Waals surface area contributed by atoms with Crippen LogP contribution < -0.4 is 10.5 Å². The first kappa shape index (κ1) is 11.9. The molecule has 0 saturated heterocycles. The summed E-state index contributed by atoms with van der Waals surface area (Å²) in [5.41, 5.74) is 5.42. The zero-order valence-corrected chi connectivity index (χ0v) is 10.2. The molecule has 0 atom stereocenters. The Morgan fingerprint density at radius 1 is 1.35 bits per heavy atom. The Morgan fingerprint density at radius 3 is 2.76 bits per heavy atom. The van der Waals surface area contributed by atoms with Crippen molar-refractivity contribution < 1.29 is 8.42 Å². The summed E-state index contributed by atoms with van der Waals surface area (Å²) in [7, 11) is -3.65. The standard InChI is InChI=1S/C8H9N5O2S2/c9-5-6-1-2-7(16-6)17(14,15)13-8-10-3-4-11-12-8/h1-4H,5,9H2,(H,10,12,13). The molecule has 0 saturated carbocycles. The average molecular weight is 271 g/mol. The van der Waals surface area contributed by atoms with Gasteiger partial charge in [0.05, 0.1) is 12.4 Å². The van der Waals surface area contributed by atoms with E-state index in [0.29, 0.717) is 6.54 Å². The van der Waals surface area contributed by atoms with E-state index in [1.807, 2.05) is 0 Å². The first-order chi connectivity index (χ1) is 8.12. The first-order valence-corrected chi connectivity index (χ1v) is 6.87. The van der Waals surface area contributed by atoms with Crippen LogP contribution in [0.4, 0.5) is 5.95 Å². The van der Waals surface area contributed by atoms with E-state index in [4.69, 9.17) is 5.73 Å². The molecule has 9 heteroatoms. The maximum absolute atomic E-state index is 11.9. The minimum atomic E-state index is -3.65. The van der Waals surface area contributed by atoms with Gasteiger partial charge < -0.3 is 5.73 Å². The van der Waals surface area contributed by atoms with Crippen LogP contribution in [0.15, 0.2) is 28.7 Å². The van der Waals surface area contributed by atoms with Crippen LogP contribution in [0, 0.1) is 0 Å². The number of aromatic nitrogens is 3. The molecule has 0 aliphatic heterocycles. The Bertz CT molecular complexity index is 595. The highest BCUT2D eigenvalue weighted by Crippen LogP contribution is 2.22. The van der Waals surface area contributed by atoms with Crippen molar-refractivity contribution in [2.24, 2.45) is 5.73 Å². The Balaban J connectivity index is 2.25. The van der Waals surface area contributed by atoms with Crippen LogP contribution in [-0.2, 0) is 16.6 Å². The Kier molecular flexibility index (Phi) is 3.31. The highest BCUT2D eigenvalue weighted by molar-refractivity contribution is 7.94. The van der Waals surface area contributed by atoms with Crippen LogP contribution in [0.2, 0.25) is 0 Å². The summed E-state index contributed by atoms with van der Waals surface area (Å²) in [5.74, 6) is -0.0600. The monoisotopic (exact) mass is 271 g/mol. The Morgan fingerprint density at radius 2 is 2.18 bits per heavy atom. The van der Waals surface area contributed by atoms with E-state index in [-0.39, 0.29) is 10.2 Å². The van der Waals surface area contributed by atoms with Crippen molar-refractivity contribution in [1.82, 2.24) is 15.2 Å². The smallest absolute Gasteiger partial charge is 0.273 e. The predicted molar refractivity (Wildman–Crippen MR) is 62.8 cm³/mol. The van der Waals surface area contributed by atoms with Gasteiger partial charge in [0.25, 0.3) is 16.0 Å². The van der Waals surface area contributed by atoms with Crippen molar-refractivity contribution in [3.8, 4) is 0 Å². The molecule has 0 bridgehead atoms. The molecule has 0 aromatic carbocycles. The summed E-state index contributed by atoms with van der Waals surface area (Å²) < 4.78 is 26.2. The molecule has 0 fully saturated rings. The molecule has 0 unspecified atom stereocenters. The molecule has 3 N–H and O–H groups in total. The summed E-state index contributed by atoms with van der Waals surface area (Å²) in [4.78, 5) is 4.52. The normalized spacial score (nSPS) is 11.4. The number of anilines is 1. The highest BCUT2D eigenvalue weighted by atomic mass is 32.2. The molecule has 7 nitrogen and oxygen atoms in total. The average Bonchev–Trinajstić information content (AvgIpc) is 2.79. The second-order valence-electron chi connectivity index (χ2n) is 3.00. The minimum absolute atomic E-state index is 0.0600. The minimum Gasteiger partial charge on any atom is -0.326 e. The zero-order valence-electron chi connectivity index (χ0n) is 8.57. The number of thiophene rings is 1.